The number of pyridine rings is 2. The Morgan fingerprint density at radius 1 is 0.861 bits per heavy atom. The fourth-order valence-corrected chi connectivity index (χ4v) is 5.31. The first-order chi connectivity index (χ1) is 17.6. The molecule has 1 aliphatic rings. The van der Waals surface area contributed by atoms with E-state index in [2.05, 4.69) is 20.3 Å². The molecule has 0 saturated carbocycles. The molecule has 0 bridgehead atoms. The number of sulfone groups is 1. The Morgan fingerprint density at radius 3 is 2.56 bits per heavy atom. The van der Waals surface area contributed by atoms with Crippen molar-refractivity contribution in [1.82, 2.24) is 19.9 Å². The quantitative estimate of drug-likeness (QED) is 0.373. The highest BCUT2D eigenvalue weighted by molar-refractivity contribution is 7.92. The number of nitrogens with one attached hydrogen (secondary N) is 1. The topological polar surface area (TPSA) is 110 Å². The molecule has 2 aromatic carbocycles. The fraction of sp³-hybridized carbons (Fsp3) is 0.0741. The predicted molar refractivity (Wildman–Crippen MR) is 140 cm³/mol. The van der Waals surface area contributed by atoms with Gasteiger partial charge < -0.3 is 5.32 Å². The molecule has 0 radical (unpaired) electrons. The summed E-state index contributed by atoms with van der Waals surface area (Å²) >= 11 is 0. The third kappa shape index (κ3) is 4.09. The number of benzene rings is 2. The van der Waals surface area contributed by atoms with E-state index in [1.54, 1.807) is 18.5 Å². The number of aromatic nitrogens is 4. The molecule has 0 unspecified atom stereocenters. The Balaban J connectivity index is 1.53. The van der Waals surface area contributed by atoms with Crippen LogP contribution in [0.15, 0.2) is 95.1 Å². The van der Waals surface area contributed by atoms with Crippen LogP contribution in [0.25, 0.3) is 33.4 Å². The smallest absolute Gasteiger partial charge is 0.187 e. The zero-order valence-electron chi connectivity index (χ0n) is 19.0. The second-order valence-corrected chi connectivity index (χ2v) is 10.3. The van der Waals surface area contributed by atoms with Gasteiger partial charge in [0.25, 0.3) is 0 Å². The van der Waals surface area contributed by atoms with Crippen LogP contribution < -0.4 is 5.32 Å². The lowest BCUT2D eigenvalue weighted by Gasteiger charge is -2.15. The Labute approximate surface area is 207 Å². The minimum Gasteiger partial charge on any atom is -0.364 e. The highest BCUT2D eigenvalue weighted by Crippen LogP contribution is 2.35. The fourth-order valence-electron chi connectivity index (χ4n) is 4.17. The second kappa shape index (κ2) is 8.94. The van der Waals surface area contributed by atoms with Crippen molar-refractivity contribution in [2.45, 2.75) is 11.4 Å². The minimum atomic E-state index is -3.51. The maximum absolute atomic E-state index is 12.6. The van der Waals surface area contributed by atoms with E-state index in [4.69, 9.17) is 9.97 Å². The van der Waals surface area contributed by atoms with Gasteiger partial charge in [0, 0.05) is 24.2 Å². The lowest BCUT2D eigenvalue weighted by atomic mass is 10.0. The number of rotatable bonds is 5. The summed E-state index contributed by atoms with van der Waals surface area (Å²) in [4.78, 5) is 22.5. The van der Waals surface area contributed by atoms with Crippen LogP contribution in [0, 0.1) is 0 Å². The summed E-state index contributed by atoms with van der Waals surface area (Å²) in [7, 11) is -3.51. The van der Waals surface area contributed by atoms with Crippen molar-refractivity contribution < 1.29 is 8.42 Å². The van der Waals surface area contributed by atoms with Crippen molar-refractivity contribution in [3.63, 3.8) is 0 Å². The van der Waals surface area contributed by atoms with Crippen molar-refractivity contribution in [3.05, 3.63) is 90.9 Å². The summed E-state index contributed by atoms with van der Waals surface area (Å²) < 4.78 is 25.2. The van der Waals surface area contributed by atoms with Gasteiger partial charge in [-0.05, 0) is 35.4 Å². The zero-order chi connectivity index (χ0) is 24.5. The van der Waals surface area contributed by atoms with Gasteiger partial charge in [0.15, 0.2) is 21.5 Å². The van der Waals surface area contributed by atoms with Crippen LogP contribution in [0.1, 0.15) is 5.69 Å². The molecule has 0 atom stereocenters. The highest BCUT2D eigenvalue weighted by atomic mass is 32.2. The van der Waals surface area contributed by atoms with Crippen molar-refractivity contribution in [3.8, 4) is 22.5 Å². The molecule has 3 aromatic heterocycles. The van der Waals surface area contributed by atoms with E-state index in [0.29, 0.717) is 23.8 Å². The molecule has 1 aliphatic heterocycles. The second-order valence-electron chi connectivity index (χ2n) is 8.27. The third-order valence-corrected chi connectivity index (χ3v) is 7.46. The summed E-state index contributed by atoms with van der Waals surface area (Å²) in [5.41, 5.74) is 4.12. The largest absolute Gasteiger partial charge is 0.364 e. The van der Waals surface area contributed by atoms with E-state index in [9.17, 15) is 8.42 Å². The molecule has 1 N–H and O–H groups in total. The van der Waals surface area contributed by atoms with Crippen LogP contribution in [0.3, 0.4) is 0 Å². The first-order valence-electron chi connectivity index (χ1n) is 11.3. The maximum Gasteiger partial charge on any atom is 0.187 e. The van der Waals surface area contributed by atoms with Gasteiger partial charge >= 0.3 is 0 Å². The molecule has 8 nitrogen and oxygen atoms in total. The lowest BCUT2D eigenvalue weighted by molar-refractivity contribution is 0.599. The molecule has 0 saturated heterocycles. The molecule has 0 aliphatic carbocycles. The minimum absolute atomic E-state index is 0.0900. The summed E-state index contributed by atoms with van der Waals surface area (Å²) in [5, 5.41) is 4.29. The van der Waals surface area contributed by atoms with Gasteiger partial charge in [0.2, 0.25) is 0 Å². The van der Waals surface area contributed by atoms with E-state index in [1.807, 2.05) is 66.7 Å². The monoisotopic (exact) mass is 492 g/mol. The number of anilines is 1. The molecule has 36 heavy (non-hydrogen) atoms. The van der Waals surface area contributed by atoms with E-state index < -0.39 is 9.84 Å². The third-order valence-electron chi connectivity index (χ3n) is 5.90. The van der Waals surface area contributed by atoms with Crippen LogP contribution in [0.4, 0.5) is 11.6 Å². The number of hydrogen-bond acceptors (Lipinski definition) is 8. The van der Waals surface area contributed by atoms with Gasteiger partial charge in [-0.25, -0.2) is 28.4 Å². The van der Waals surface area contributed by atoms with Gasteiger partial charge in [-0.2, -0.15) is 0 Å². The van der Waals surface area contributed by atoms with Gasteiger partial charge in [-0.15, -0.1) is 0 Å². The number of aliphatic imine (C=N–C) groups is 1. The van der Waals surface area contributed by atoms with E-state index in [0.717, 1.165) is 27.7 Å². The number of fused-ring (bicyclic) bond motifs is 2. The summed E-state index contributed by atoms with van der Waals surface area (Å²) in [5.74, 6) is 1.03. The molecule has 5 aromatic rings. The number of hydrogen-bond donors (Lipinski definition) is 1. The molecular weight excluding hydrogens is 472 g/mol. The SMILES string of the molecule is O=S1(=O)CC=Nc2ncc(-c3nc(NCc4ccccn4)c4c(-c5ccccc5)cccc4n3)cc21. The molecule has 9 heteroatoms. The average Bonchev–Trinajstić information content (AvgIpc) is 2.92. The van der Waals surface area contributed by atoms with Gasteiger partial charge in [-0.3, -0.25) is 4.98 Å². The number of nitrogens with zero attached hydrogens (tertiary/aromatic N) is 5. The van der Waals surface area contributed by atoms with E-state index in [1.165, 1.54) is 6.21 Å². The Bertz CT molecular complexity index is 1720. The van der Waals surface area contributed by atoms with Crippen molar-refractivity contribution in [2.24, 2.45) is 4.99 Å². The zero-order valence-corrected chi connectivity index (χ0v) is 19.9. The Hall–Kier alpha value is -4.50. The van der Waals surface area contributed by atoms with Crippen molar-refractivity contribution in [1.29, 1.82) is 0 Å². The normalized spacial score (nSPS) is 13.9. The first kappa shape index (κ1) is 22.0. The first-order valence-corrected chi connectivity index (χ1v) is 13.0. The molecule has 4 heterocycles. The lowest BCUT2D eigenvalue weighted by Crippen LogP contribution is -2.13. The average molecular weight is 493 g/mol. The van der Waals surface area contributed by atoms with Crippen molar-refractivity contribution in [2.75, 3.05) is 11.1 Å². The maximum atomic E-state index is 12.6. The van der Waals surface area contributed by atoms with Crippen LogP contribution in [-0.4, -0.2) is 40.3 Å². The Morgan fingerprint density at radius 2 is 1.72 bits per heavy atom. The van der Waals surface area contributed by atoms with Crippen molar-refractivity contribution >= 4 is 38.6 Å². The van der Waals surface area contributed by atoms with Gasteiger partial charge in [-0.1, -0.05) is 48.5 Å². The molecule has 6 rings (SSSR count). The molecule has 0 amide bonds. The summed E-state index contributed by atoms with van der Waals surface area (Å²) in [6.45, 7) is 0.459. The van der Waals surface area contributed by atoms with Crippen LogP contribution >= 0.6 is 0 Å². The molecule has 0 fully saturated rings. The summed E-state index contributed by atoms with van der Waals surface area (Å²) in [6.07, 6.45) is 4.67. The Kier molecular flexibility index (Phi) is 5.46. The van der Waals surface area contributed by atoms with Crippen LogP contribution in [0.2, 0.25) is 0 Å². The van der Waals surface area contributed by atoms with Gasteiger partial charge in [0.1, 0.15) is 10.7 Å². The van der Waals surface area contributed by atoms with Gasteiger partial charge in [0.05, 0.1) is 28.9 Å². The molecule has 176 valence electrons. The van der Waals surface area contributed by atoms with E-state index in [-0.39, 0.29) is 16.5 Å². The predicted octanol–water partition coefficient (Wildman–Crippen LogP) is 4.86. The highest BCUT2D eigenvalue weighted by Gasteiger charge is 2.24. The molecular formula is C27H20N6O2S. The summed E-state index contributed by atoms with van der Waals surface area (Å²) in [6, 6.07) is 23.3. The van der Waals surface area contributed by atoms with Crippen LogP contribution in [-0.2, 0) is 16.4 Å². The van der Waals surface area contributed by atoms with Crippen LogP contribution in [0.5, 0.6) is 0 Å². The van der Waals surface area contributed by atoms with E-state index >= 15 is 0 Å². The standard InChI is InChI=1S/C27H20N6O2S/c34-36(35)14-13-29-26-23(36)15-19(16-30-26)25-32-22-11-6-10-21(18-7-2-1-3-8-18)24(22)27(33-25)31-17-20-9-4-5-12-28-20/h1-13,15-16H,14,17H2,(H,31,32,33). The molecule has 0 spiro atoms.